The Labute approximate surface area is 134 Å². The lowest BCUT2D eigenvalue weighted by molar-refractivity contribution is -0.137. The fraction of sp³-hybridized carbons (Fsp3) is 0.632. The van der Waals surface area contributed by atoms with Gasteiger partial charge in [-0.1, -0.05) is 56.0 Å². The van der Waals surface area contributed by atoms with Crippen molar-refractivity contribution in [1.82, 2.24) is 5.32 Å². The SMILES string of the molecule is CC(CC1CCCC1)NC(CCC(=O)O)Cc1ccccc1. The van der Waals surface area contributed by atoms with Crippen molar-refractivity contribution in [3.8, 4) is 0 Å². The van der Waals surface area contributed by atoms with Gasteiger partial charge in [0.05, 0.1) is 0 Å². The average Bonchev–Trinajstić information content (AvgIpc) is 2.98. The maximum absolute atomic E-state index is 10.9. The van der Waals surface area contributed by atoms with Crippen LogP contribution in [-0.2, 0) is 11.2 Å². The minimum atomic E-state index is -0.705. The third kappa shape index (κ3) is 6.18. The average molecular weight is 303 g/mol. The first-order valence-electron chi connectivity index (χ1n) is 8.65. The topological polar surface area (TPSA) is 49.3 Å². The molecule has 0 heterocycles. The van der Waals surface area contributed by atoms with E-state index in [-0.39, 0.29) is 12.5 Å². The summed E-state index contributed by atoms with van der Waals surface area (Å²) in [5.41, 5.74) is 1.28. The Hall–Kier alpha value is -1.35. The Balaban J connectivity index is 1.86. The highest BCUT2D eigenvalue weighted by atomic mass is 16.4. The molecule has 2 rings (SSSR count). The molecule has 0 amide bonds. The predicted molar refractivity (Wildman–Crippen MR) is 90.0 cm³/mol. The van der Waals surface area contributed by atoms with E-state index in [1.165, 1.54) is 37.7 Å². The molecule has 3 nitrogen and oxygen atoms in total. The molecule has 2 unspecified atom stereocenters. The lowest BCUT2D eigenvalue weighted by atomic mass is 9.96. The van der Waals surface area contributed by atoms with E-state index in [4.69, 9.17) is 5.11 Å². The molecule has 0 aromatic heterocycles. The Morgan fingerprint density at radius 1 is 1.27 bits per heavy atom. The van der Waals surface area contributed by atoms with Gasteiger partial charge in [0.15, 0.2) is 0 Å². The van der Waals surface area contributed by atoms with Crippen LogP contribution in [0.1, 0.15) is 57.4 Å². The van der Waals surface area contributed by atoms with E-state index in [0.29, 0.717) is 12.5 Å². The van der Waals surface area contributed by atoms with E-state index in [1.807, 2.05) is 18.2 Å². The van der Waals surface area contributed by atoms with Crippen LogP contribution in [0.4, 0.5) is 0 Å². The number of hydrogen-bond donors (Lipinski definition) is 2. The van der Waals surface area contributed by atoms with Crippen molar-refractivity contribution >= 4 is 5.97 Å². The van der Waals surface area contributed by atoms with Crippen molar-refractivity contribution in [2.75, 3.05) is 0 Å². The van der Waals surface area contributed by atoms with Crippen LogP contribution in [0, 0.1) is 5.92 Å². The summed E-state index contributed by atoms with van der Waals surface area (Å²) < 4.78 is 0. The van der Waals surface area contributed by atoms with Crippen molar-refractivity contribution in [2.45, 2.75) is 70.4 Å². The van der Waals surface area contributed by atoms with E-state index < -0.39 is 5.97 Å². The van der Waals surface area contributed by atoms with Gasteiger partial charge in [0.25, 0.3) is 0 Å². The first-order chi connectivity index (χ1) is 10.6. The Morgan fingerprint density at radius 2 is 1.95 bits per heavy atom. The van der Waals surface area contributed by atoms with Crippen molar-refractivity contribution < 1.29 is 9.90 Å². The lowest BCUT2D eigenvalue weighted by Crippen LogP contribution is -2.39. The van der Waals surface area contributed by atoms with Gasteiger partial charge in [0.2, 0.25) is 0 Å². The van der Waals surface area contributed by atoms with Crippen LogP contribution in [-0.4, -0.2) is 23.2 Å². The van der Waals surface area contributed by atoms with Crippen LogP contribution in [0.25, 0.3) is 0 Å². The van der Waals surface area contributed by atoms with Gasteiger partial charge in [-0.25, -0.2) is 0 Å². The minimum absolute atomic E-state index is 0.237. The molecule has 0 saturated heterocycles. The zero-order valence-corrected chi connectivity index (χ0v) is 13.6. The summed E-state index contributed by atoms with van der Waals surface area (Å²) in [7, 11) is 0. The highest BCUT2D eigenvalue weighted by Crippen LogP contribution is 2.28. The molecule has 0 bridgehead atoms. The summed E-state index contributed by atoms with van der Waals surface area (Å²) >= 11 is 0. The molecule has 2 atom stereocenters. The largest absolute Gasteiger partial charge is 0.481 e. The van der Waals surface area contributed by atoms with Gasteiger partial charge < -0.3 is 10.4 Å². The zero-order valence-electron chi connectivity index (χ0n) is 13.6. The Morgan fingerprint density at radius 3 is 2.59 bits per heavy atom. The van der Waals surface area contributed by atoms with Crippen LogP contribution < -0.4 is 5.32 Å². The summed E-state index contributed by atoms with van der Waals surface area (Å²) in [6.07, 6.45) is 8.55. The van der Waals surface area contributed by atoms with Crippen molar-refractivity contribution in [3.63, 3.8) is 0 Å². The summed E-state index contributed by atoms with van der Waals surface area (Å²) in [6, 6.07) is 11.1. The highest BCUT2D eigenvalue weighted by molar-refractivity contribution is 5.66. The molecule has 0 radical (unpaired) electrons. The normalized spacial score (nSPS) is 18.2. The van der Waals surface area contributed by atoms with Crippen LogP contribution in [0.2, 0.25) is 0 Å². The molecule has 1 aromatic rings. The number of carboxylic acids is 1. The van der Waals surface area contributed by atoms with Gasteiger partial charge in [-0.15, -0.1) is 0 Å². The van der Waals surface area contributed by atoms with E-state index in [9.17, 15) is 4.79 Å². The molecule has 0 spiro atoms. The van der Waals surface area contributed by atoms with E-state index in [1.54, 1.807) is 0 Å². The molecule has 22 heavy (non-hydrogen) atoms. The molecule has 3 heteroatoms. The fourth-order valence-electron chi connectivity index (χ4n) is 3.66. The molecular formula is C19H29NO2. The van der Waals surface area contributed by atoms with Gasteiger partial charge >= 0.3 is 5.97 Å². The predicted octanol–water partition coefficient (Wildman–Crippen LogP) is 4.02. The number of hydrogen-bond acceptors (Lipinski definition) is 2. The third-order valence-corrected chi connectivity index (χ3v) is 4.71. The first kappa shape index (κ1) is 17.0. The molecule has 1 aromatic carbocycles. The fourth-order valence-corrected chi connectivity index (χ4v) is 3.66. The number of nitrogens with one attached hydrogen (secondary N) is 1. The number of carbonyl (C=O) groups is 1. The quantitative estimate of drug-likeness (QED) is 0.724. The van der Waals surface area contributed by atoms with Gasteiger partial charge in [-0.05, 0) is 37.7 Å². The molecule has 0 aliphatic heterocycles. The second-order valence-electron chi connectivity index (χ2n) is 6.77. The molecule has 122 valence electrons. The smallest absolute Gasteiger partial charge is 0.303 e. The van der Waals surface area contributed by atoms with E-state index in [0.717, 1.165) is 12.3 Å². The molecule has 1 aliphatic carbocycles. The van der Waals surface area contributed by atoms with Gasteiger partial charge in [0.1, 0.15) is 0 Å². The summed E-state index contributed by atoms with van der Waals surface area (Å²) in [4.78, 5) is 10.9. The monoisotopic (exact) mass is 303 g/mol. The molecule has 2 N–H and O–H groups in total. The maximum atomic E-state index is 10.9. The second-order valence-corrected chi connectivity index (χ2v) is 6.77. The van der Waals surface area contributed by atoms with Gasteiger partial charge in [-0.3, -0.25) is 4.79 Å². The van der Waals surface area contributed by atoms with Crippen molar-refractivity contribution in [3.05, 3.63) is 35.9 Å². The zero-order chi connectivity index (χ0) is 15.8. The summed E-state index contributed by atoms with van der Waals surface area (Å²) in [6.45, 7) is 2.25. The minimum Gasteiger partial charge on any atom is -0.481 e. The Bertz CT molecular complexity index is 440. The third-order valence-electron chi connectivity index (χ3n) is 4.71. The summed E-state index contributed by atoms with van der Waals surface area (Å²) in [5, 5.41) is 12.6. The van der Waals surface area contributed by atoms with Crippen LogP contribution in [0.5, 0.6) is 0 Å². The molecule has 1 aliphatic rings. The van der Waals surface area contributed by atoms with Gasteiger partial charge in [0, 0.05) is 18.5 Å². The second kappa shape index (κ2) is 8.94. The number of rotatable bonds is 9. The van der Waals surface area contributed by atoms with Gasteiger partial charge in [-0.2, -0.15) is 0 Å². The van der Waals surface area contributed by atoms with Crippen LogP contribution >= 0.6 is 0 Å². The molecular weight excluding hydrogens is 274 g/mol. The number of carboxylic acid groups (broad SMARTS) is 1. The van der Waals surface area contributed by atoms with Crippen LogP contribution in [0.3, 0.4) is 0 Å². The van der Waals surface area contributed by atoms with Crippen molar-refractivity contribution in [2.24, 2.45) is 5.92 Å². The summed E-state index contributed by atoms with van der Waals surface area (Å²) in [5.74, 6) is 0.155. The maximum Gasteiger partial charge on any atom is 0.303 e. The molecule has 1 saturated carbocycles. The number of benzene rings is 1. The Kier molecular flexibility index (Phi) is 6.91. The molecule has 1 fully saturated rings. The van der Waals surface area contributed by atoms with E-state index >= 15 is 0 Å². The van der Waals surface area contributed by atoms with E-state index in [2.05, 4.69) is 24.4 Å². The van der Waals surface area contributed by atoms with Crippen LogP contribution in [0.15, 0.2) is 30.3 Å². The highest BCUT2D eigenvalue weighted by Gasteiger charge is 2.20. The first-order valence-corrected chi connectivity index (χ1v) is 8.65. The lowest BCUT2D eigenvalue weighted by Gasteiger charge is -2.25. The number of aliphatic carboxylic acids is 1. The standard InChI is InChI=1S/C19H29NO2/c1-15(13-16-9-5-6-10-16)20-18(11-12-19(21)22)14-17-7-3-2-4-8-17/h2-4,7-8,15-16,18,20H,5-6,9-14H2,1H3,(H,21,22). The van der Waals surface area contributed by atoms with Crippen molar-refractivity contribution in [1.29, 1.82) is 0 Å².